The van der Waals surface area contributed by atoms with Gasteiger partial charge in [-0.2, -0.15) is 0 Å². The van der Waals surface area contributed by atoms with Crippen molar-refractivity contribution in [3.63, 3.8) is 0 Å². The van der Waals surface area contributed by atoms with Crippen LogP contribution in [0.4, 0.5) is 17.1 Å². The zero-order valence-corrected chi connectivity index (χ0v) is 22.4. The molecule has 13 heteroatoms. The highest BCUT2D eigenvalue weighted by Crippen LogP contribution is 2.44. The van der Waals surface area contributed by atoms with Crippen molar-refractivity contribution in [2.24, 2.45) is 0 Å². The van der Waals surface area contributed by atoms with Crippen LogP contribution in [0.25, 0.3) is 11.3 Å². The second-order valence-electron chi connectivity index (χ2n) is 8.76. The predicted octanol–water partition coefficient (Wildman–Crippen LogP) is 4.81. The molecular weight excluding hydrogens is 542 g/mol. The average molecular weight is 566 g/mol. The standard InChI is InChI=1S/C26H23N5O6S2/c1-36-23-15-17(9-10-19(23)29-39(2,34)35)30-25(24(28-26(30)38)20-8-3-4-13-27-20)22-12-11-21(37-22)16-6-5-7-18(14-16)31(32)33/h3-15,24-25,29H,1-2H3,(H,28,38)/t24-,25+/m0/s1. The van der Waals surface area contributed by atoms with Crippen LogP contribution < -0.4 is 19.7 Å². The molecule has 4 aromatic rings. The first kappa shape index (κ1) is 26.1. The molecule has 11 nitrogen and oxygen atoms in total. The summed E-state index contributed by atoms with van der Waals surface area (Å²) in [4.78, 5) is 17.2. The fourth-order valence-corrected chi connectivity index (χ4v) is 5.39. The Balaban J connectivity index is 1.59. The van der Waals surface area contributed by atoms with Gasteiger partial charge in [0.2, 0.25) is 10.0 Å². The van der Waals surface area contributed by atoms with Crippen molar-refractivity contribution in [2.75, 3.05) is 23.0 Å². The third-order valence-electron chi connectivity index (χ3n) is 6.12. The molecule has 0 amide bonds. The van der Waals surface area contributed by atoms with Gasteiger partial charge in [0.15, 0.2) is 5.11 Å². The normalized spacial score (nSPS) is 17.1. The molecule has 0 saturated carbocycles. The Morgan fingerprint density at radius 1 is 1.13 bits per heavy atom. The van der Waals surface area contributed by atoms with Crippen molar-refractivity contribution >= 4 is 44.4 Å². The molecule has 3 heterocycles. The molecule has 2 aromatic heterocycles. The monoisotopic (exact) mass is 565 g/mol. The summed E-state index contributed by atoms with van der Waals surface area (Å²) in [5.41, 5.74) is 2.15. The number of nitrogens with one attached hydrogen (secondary N) is 2. The summed E-state index contributed by atoms with van der Waals surface area (Å²) >= 11 is 5.74. The van der Waals surface area contributed by atoms with Crippen molar-refractivity contribution in [3.8, 4) is 17.1 Å². The van der Waals surface area contributed by atoms with Crippen LogP contribution >= 0.6 is 12.2 Å². The van der Waals surface area contributed by atoms with E-state index in [0.717, 1.165) is 11.9 Å². The quantitative estimate of drug-likeness (QED) is 0.174. The molecule has 2 aromatic carbocycles. The number of methoxy groups -OCH3 is 1. The number of hydrogen-bond donors (Lipinski definition) is 2. The van der Waals surface area contributed by atoms with Gasteiger partial charge in [-0.15, -0.1) is 0 Å². The average Bonchev–Trinajstić information content (AvgIpc) is 3.53. The summed E-state index contributed by atoms with van der Waals surface area (Å²) in [6.07, 6.45) is 2.74. The van der Waals surface area contributed by atoms with E-state index in [0.29, 0.717) is 33.6 Å². The van der Waals surface area contributed by atoms with Crippen LogP contribution in [0.5, 0.6) is 5.75 Å². The summed E-state index contributed by atoms with van der Waals surface area (Å²) in [6, 6.07) is 19.4. The van der Waals surface area contributed by atoms with Crippen LogP contribution in [0.2, 0.25) is 0 Å². The largest absolute Gasteiger partial charge is 0.494 e. The summed E-state index contributed by atoms with van der Waals surface area (Å²) in [5, 5.41) is 15.0. The van der Waals surface area contributed by atoms with Gasteiger partial charge in [-0.05, 0) is 48.6 Å². The van der Waals surface area contributed by atoms with Crippen LogP contribution in [-0.2, 0) is 10.0 Å². The van der Waals surface area contributed by atoms with E-state index in [1.807, 2.05) is 23.1 Å². The van der Waals surface area contributed by atoms with E-state index in [1.165, 1.54) is 19.2 Å². The molecular formula is C26H23N5O6S2. The Morgan fingerprint density at radius 2 is 1.95 bits per heavy atom. The van der Waals surface area contributed by atoms with Crippen LogP contribution in [-0.4, -0.2) is 36.8 Å². The van der Waals surface area contributed by atoms with Gasteiger partial charge in [-0.25, -0.2) is 8.42 Å². The summed E-state index contributed by atoms with van der Waals surface area (Å²) in [7, 11) is -2.09. The number of aromatic nitrogens is 1. The minimum atomic E-state index is -3.53. The van der Waals surface area contributed by atoms with E-state index < -0.39 is 27.0 Å². The lowest BCUT2D eigenvalue weighted by Gasteiger charge is -2.26. The Kier molecular flexibility index (Phi) is 6.93. The van der Waals surface area contributed by atoms with Gasteiger partial charge in [0.25, 0.3) is 5.69 Å². The molecule has 1 aliphatic heterocycles. The van der Waals surface area contributed by atoms with Gasteiger partial charge in [0.1, 0.15) is 23.3 Å². The number of benzene rings is 2. The number of thiocarbonyl (C=S) groups is 1. The van der Waals surface area contributed by atoms with E-state index >= 15 is 0 Å². The van der Waals surface area contributed by atoms with E-state index in [-0.39, 0.29) is 11.4 Å². The fourth-order valence-electron chi connectivity index (χ4n) is 4.48. The molecule has 0 unspecified atom stereocenters. The number of rotatable bonds is 8. The lowest BCUT2D eigenvalue weighted by molar-refractivity contribution is -0.384. The molecule has 1 saturated heterocycles. The summed E-state index contributed by atoms with van der Waals surface area (Å²) in [6.45, 7) is 0. The molecule has 0 spiro atoms. The molecule has 2 N–H and O–H groups in total. The van der Waals surface area contributed by atoms with Crippen LogP contribution in [0.3, 0.4) is 0 Å². The minimum Gasteiger partial charge on any atom is -0.494 e. The maximum atomic E-state index is 11.8. The predicted molar refractivity (Wildman–Crippen MR) is 150 cm³/mol. The van der Waals surface area contributed by atoms with Crippen molar-refractivity contribution in [2.45, 2.75) is 12.1 Å². The van der Waals surface area contributed by atoms with Crippen molar-refractivity contribution < 1.29 is 22.5 Å². The number of ether oxygens (including phenoxy) is 1. The van der Waals surface area contributed by atoms with Crippen LogP contribution in [0.1, 0.15) is 23.5 Å². The fraction of sp³-hybridized carbons (Fsp3) is 0.154. The first-order valence-electron chi connectivity index (χ1n) is 11.7. The topological polar surface area (TPSA) is 140 Å². The zero-order chi connectivity index (χ0) is 27.7. The smallest absolute Gasteiger partial charge is 0.270 e. The first-order chi connectivity index (χ1) is 18.6. The number of hydrogen-bond acceptors (Lipinski definition) is 8. The third-order valence-corrected chi connectivity index (χ3v) is 7.02. The van der Waals surface area contributed by atoms with Gasteiger partial charge in [-0.1, -0.05) is 18.2 Å². The van der Waals surface area contributed by atoms with Gasteiger partial charge in [0, 0.05) is 35.6 Å². The van der Waals surface area contributed by atoms with Gasteiger partial charge in [0.05, 0.1) is 35.7 Å². The Hall–Kier alpha value is -4.49. The highest BCUT2D eigenvalue weighted by atomic mass is 32.2. The molecule has 39 heavy (non-hydrogen) atoms. The molecule has 5 rings (SSSR count). The van der Waals surface area contributed by atoms with Gasteiger partial charge >= 0.3 is 0 Å². The molecule has 2 atom stereocenters. The van der Waals surface area contributed by atoms with E-state index in [2.05, 4.69) is 15.0 Å². The minimum absolute atomic E-state index is 0.0444. The van der Waals surface area contributed by atoms with E-state index in [9.17, 15) is 18.5 Å². The highest BCUT2D eigenvalue weighted by molar-refractivity contribution is 7.92. The van der Waals surface area contributed by atoms with Gasteiger partial charge < -0.3 is 19.4 Å². The van der Waals surface area contributed by atoms with Crippen molar-refractivity contribution in [3.05, 3.63) is 101 Å². The maximum Gasteiger partial charge on any atom is 0.270 e. The zero-order valence-electron chi connectivity index (χ0n) is 20.8. The number of nitro benzene ring substituents is 1. The summed E-state index contributed by atoms with van der Waals surface area (Å²) < 4.78 is 37.8. The second kappa shape index (κ2) is 10.3. The first-order valence-corrected chi connectivity index (χ1v) is 14.0. The number of nitrogens with zero attached hydrogens (tertiary/aromatic N) is 3. The SMILES string of the molecule is COc1cc(N2C(=S)N[C@@H](c3ccccn3)[C@H]2c2ccc(-c3cccc([N+](=O)[O-])c3)o2)ccc1NS(C)(=O)=O. The Morgan fingerprint density at radius 3 is 2.64 bits per heavy atom. The number of nitro groups is 1. The molecule has 0 aliphatic carbocycles. The lowest BCUT2D eigenvalue weighted by Crippen LogP contribution is -2.29. The Labute approximate surface area is 229 Å². The Bertz CT molecular complexity index is 1660. The number of pyridine rings is 1. The van der Waals surface area contributed by atoms with Gasteiger partial charge in [-0.3, -0.25) is 19.8 Å². The number of non-ortho nitro benzene ring substituents is 1. The second-order valence-corrected chi connectivity index (χ2v) is 10.9. The lowest BCUT2D eigenvalue weighted by atomic mass is 10.0. The van der Waals surface area contributed by atoms with E-state index in [4.69, 9.17) is 21.4 Å². The molecule has 0 radical (unpaired) electrons. The highest BCUT2D eigenvalue weighted by Gasteiger charge is 2.43. The van der Waals surface area contributed by atoms with Crippen molar-refractivity contribution in [1.29, 1.82) is 0 Å². The van der Waals surface area contributed by atoms with Crippen LogP contribution in [0, 0.1) is 10.1 Å². The molecule has 1 fully saturated rings. The van der Waals surface area contributed by atoms with Crippen LogP contribution in [0.15, 0.2) is 83.4 Å². The molecule has 200 valence electrons. The summed E-state index contributed by atoms with van der Waals surface area (Å²) in [5.74, 6) is 1.30. The third kappa shape index (κ3) is 5.40. The van der Waals surface area contributed by atoms with Crippen molar-refractivity contribution in [1.82, 2.24) is 10.3 Å². The van der Waals surface area contributed by atoms with E-state index in [1.54, 1.807) is 48.7 Å². The molecule has 0 bridgehead atoms. The number of anilines is 2. The number of furan rings is 1. The number of sulfonamides is 1. The molecule has 1 aliphatic rings. The maximum absolute atomic E-state index is 11.8.